The Morgan fingerprint density at radius 1 is 0.326 bits per heavy atom. The molecule has 0 aliphatic heterocycles. The molecule has 0 saturated heterocycles. The number of aromatic nitrogens is 2. The van der Waals surface area contributed by atoms with Crippen LogP contribution in [-0.4, -0.2) is 9.13 Å². The summed E-state index contributed by atoms with van der Waals surface area (Å²) in [5, 5.41) is 5.10. The summed E-state index contributed by atoms with van der Waals surface area (Å²) in [7, 11) is 0. The number of nitrogens with zero attached hydrogens (tertiary/aromatic N) is 2. The van der Waals surface area contributed by atoms with E-state index in [0.29, 0.717) is 0 Å². The minimum Gasteiger partial charge on any atom is -0.309 e. The molecule has 0 aliphatic carbocycles. The van der Waals surface area contributed by atoms with Crippen molar-refractivity contribution in [3.63, 3.8) is 0 Å². The van der Waals surface area contributed by atoms with E-state index in [1.54, 1.807) is 0 Å². The van der Waals surface area contributed by atoms with Gasteiger partial charge in [-0.05, 0) is 48.5 Å². The van der Waals surface area contributed by atoms with Crippen LogP contribution in [0.25, 0.3) is 75.9 Å². The number of benzene rings is 6. The van der Waals surface area contributed by atoms with E-state index in [0.717, 1.165) is 0 Å². The fourth-order valence-electron chi connectivity index (χ4n) is 6.75. The molecule has 0 spiro atoms. The van der Waals surface area contributed by atoms with Crippen molar-refractivity contribution in [1.82, 2.24) is 9.13 Å². The molecule has 0 bridgehead atoms. The molecule has 0 saturated carbocycles. The fraction of sp³-hybridized carbons (Fsp3) is 0. The molecule has 0 amide bonds. The van der Waals surface area contributed by atoms with Crippen LogP contribution in [0.5, 0.6) is 0 Å². The second-order valence-electron chi connectivity index (χ2n) is 10.9. The van der Waals surface area contributed by atoms with E-state index in [2.05, 4.69) is 167 Å². The lowest BCUT2D eigenvalue weighted by molar-refractivity contribution is 1.18. The summed E-state index contributed by atoms with van der Waals surface area (Å²) in [6, 6.07) is 57.0. The van der Waals surface area contributed by atoms with Gasteiger partial charge in [0, 0.05) is 53.8 Å². The Kier molecular flexibility index (Phi) is 5.40. The molecular formula is C40H26N2S. The van der Waals surface area contributed by atoms with Gasteiger partial charge in [0.1, 0.15) is 0 Å². The maximum atomic E-state index is 2.42. The van der Waals surface area contributed by atoms with Crippen LogP contribution in [-0.2, 0) is 0 Å². The third kappa shape index (κ3) is 3.65. The molecule has 0 aliphatic rings. The van der Waals surface area contributed by atoms with E-state index in [4.69, 9.17) is 0 Å². The maximum Gasteiger partial charge on any atom is 0.0627 e. The molecule has 3 heteroatoms. The molecule has 0 atom stereocenters. The van der Waals surface area contributed by atoms with Crippen molar-refractivity contribution in [2.45, 2.75) is 0 Å². The number of hydrogen-bond donors (Lipinski definition) is 0. The summed E-state index contributed by atoms with van der Waals surface area (Å²) in [5.41, 5.74) is 9.81. The van der Waals surface area contributed by atoms with Crippen LogP contribution in [0.3, 0.4) is 0 Å². The number of thiophene rings is 1. The SMILES string of the molecule is c1ccc(-n2c3ccccc3c3cccc(-c4ccc(-c5cccc6c7ccccc7n(-c7ccccc7)c56)s4)c32)cc1. The monoisotopic (exact) mass is 566 g/mol. The third-order valence-corrected chi connectivity index (χ3v) is 9.71. The first-order chi connectivity index (χ1) is 21.4. The molecule has 0 fully saturated rings. The van der Waals surface area contributed by atoms with Gasteiger partial charge in [-0.25, -0.2) is 0 Å². The van der Waals surface area contributed by atoms with E-state index in [9.17, 15) is 0 Å². The highest BCUT2D eigenvalue weighted by Gasteiger charge is 2.20. The molecule has 0 N–H and O–H groups in total. The van der Waals surface area contributed by atoms with Crippen molar-refractivity contribution in [2.75, 3.05) is 0 Å². The van der Waals surface area contributed by atoms with Crippen molar-refractivity contribution in [3.8, 4) is 32.3 Å². The zero-order valence-electron chi connectivity index (χ0n) is 23.3. The van der Waals surface area contributed by atoms with Crippen LogP contribution in [0, 0.1) is 0 Å². The van der Waals surface area contributed by atoms with E-state index >= 15 is 0 Å². The van der Waals surface area contributed by atoms with Gasteiger partial charge in [0.15, 0.2) is 0 Å². The standard InChI is InChI=1S/C40H26N2S/c1-3-13-27(14-4-1)41-35-23-9-7-17-29(35)31-19-11-21-33(39(31)41)37-25-26-38(43-37)34-22-12-20-32-30-18-8-10-24-36(30)42(40(32)34)28-15-5-2-6-16-28/h1-26H. The molecule has 0 unspecified atom stereocenters. The van der Waals surface area contributed by atoms with Crippen LogP contribution in [0.2, 0.25) is 0 Å². The first-order valence-electron chi connectivity index (χ1n) is 14.6. The van der Waals surface area contributed by atoms with Crippen molar-refractivity contribution >= 4 is 54.9 Å². The van der Waals surface area contributed by atoms with E-state index in [1.165, 1.54) is 75.9 Å². The summed E-state index contributed by atoms with van der Waals surface area (Å²) in [4.78, 5) is 2.53. The molecule has 9 rings (SSSR count). The van der Waals surface area contributed by atoms with Crippen molar-refractivity contribution in [1.29, 1.82) is 0 Å². The Balaban J connectivity index is 1.30. The number of fused-ring (bicyclic) bond motifs is 6. The second kappa shape index (κ2) is 9.59. The Labute approximate surface area is 253 Å². The lowest BCUT2D eigenvalue weighted by atomic mass is 10.1. The summed E-state index contributed by atoms with van der Waals surface area (Å²) in [6.07, 6.45) is 0. The Morgan fingerprint density at radius 2 is 0.721 bits per heavy atom. The zero-order valence-corrected chi connectivity index (χ0v) is 24.1. The lowest BCUT2D eigenvalue weighted by Gasteiger charge is -2.11. The van der Waals surface area contributed by atoms with Crippen LogP contribution in [0.4, 0.5) is 0 Å². The lowest BCUT2D eigenvalue weighted by Crippen LogP contribution is -1.94. The molecule has 0 radical (unpaired) electrons. The number of para-hydroxylation sites is 6. The first kappa shape index (κ1) is 24.2. The zero-order chi connectivity index (χ0) is 28.3. The van der Waals surface area contributed by atoms with Gasteiger partial charge in [0.05, 0.1) is 22.1 Å². The van der Waals surface area contributed by atoms with Gasteiger partial charge >= 0.3 is 0 Å². The smallest absolute Gasteiger partial charge is 0.0627 e. The van der Waals surface area contributed by atoms with Crippen LogP contribution in [0.1, 0.15) is 0 Å². The second-order valence-corrected chi connectivity index (χ2v) is 12.0. The molecule has 43 heavy (non-hydrogen) atoms. The van der Waals surface area contributed by atoms with Crippen LogP contribution < -0.4 is 0 Å². The van der Waals surface area contributed by atoms with Gasteiger partial charge in [0.25, 0.3) is 0 Å². The normalized spacial score (nSPS) is 11.7. The highest BCUT2D eigenvalue weighted by Crippen LogP contribution is 2.44. The van der Waals surface area contributed by atoms with Crippen molar-refractivity contribution < 1.29 is 0 Å². The van der Waals surface area contributed by atoms with Gasteiger partial charge in [-0.2, -0.15) is 0 Å². The molecular weight excluding hydrogens is 541 g/mol. The molecule has 202 valence electrons. The van der Waals surface area contributed by atoms with Crippen LogP contribution in [0.15, 0.2) is 158 Å². The average molecular weight is 567 g/mol. The Morgan fingerprint density at radius 3 is 1.19 bits per heavy atom. The van der Waals surface area contributed by atoms with Crippen LogP contribution >= 0.6 is 11.3 Å². The van der Waals surface area contributed by atoms with Gasteiger partial charge in [-0.15, -0.1) is 11.3 Å². The number of hydrogen-bond acceptors (Lipinski definition) is 1. The highest BCUT2D eigenvalue weighted by molar-refractivity contribution is 7.19. The summed E-state index contributed by atoms with van der Waals surface area (Å²) in [5.74, 6) is 0. The fourth-order valence-corrected chi connectivity index (χ4v) is 7.81. The van der Waals surface area contributed by atoms with E-state index in [1.807, 2.05) is 11.3 Å². The molecule has 2 nitrogen and oxygen atoms in total. The maximum absolute atomic E-state index is 2.42. The molecule has 3 aromatic heterocycles. The first-order valence-corrected chi connectivity index (χ1v) is 15.4. The number of rotatable bonds is 4. The van der Waals surface area contributed by atoms with Gasteiger partial charge in [0.2, 0.25) is 0 Å². The molecule has 3 heterocycles. The average Bonchev–Trinajstić information content (AvgIpc) is 3.79. The van der Waals surface area contributed by atoms with Gasteiger partial charge in [-0.3, -0.25) is 0 Å². The quantitative estimate of drug-likeness (QED) is 0.200. The van der Waals surface area contributed by atoms with E-state index in [-0.39, 0.29) is 0 Å². The molecule has 9 aromatic rings. The van der Waals surface area contributed by atoms with Gasteiger partial charge in [-0.1, -0.05) is 109 Å². The summed E-state index contributed by atoms with van der Waals surface area (Å²) >= 11 is 1.87. The summed E-state index contributed by atoms with van der Waals surface area (Å²) < 4.78 is 4.85. The Bertz CT molecular complexity index is 2270. The topological polar surface area (TPSA) is 9.86 Å². The van der Waals surface area contributed by atoms with E-state index < -0.39 is 0 Å². The molecule has 6 aromatic carbocycles. The minimum absolute atomic E-state index is 1.18. The minimum atomic E-state index is 1.18. The highest BCUT2D eigenvalue weighted by atomic mass is 32.1. The predicted molar refractivity (Wildman–Crippen MR) is 184 cm³/mol. The van der Waals surface area contributed by atoms with Crippen molar-refractivity contribution in [3.05, 3.63) is 158 Å². The third-order valence-electron chi connectivity index (χ3n) is 8.56. The summed E-state index contributed by atoms with van der Waals surface area (Å²) in [6.45, 7) is 0. The predicted octanol–water partition coefficient (Wildman–Crippen LogP) is 11.3. The Hall–Kier alpha value is -5.38. The van der Waals surface area contributed by atoms with Gasteiger partial charge < -0.3 is 9.13 Å². The largest absolute Gasteiger partial charge is 0.309 e. The van der Waals surface area contributed by atoms with Crippen molar-refractivity contribution in [2.24, 2.45) is 0 Å².